The first-order valence-corrected chi connectivity index (χ1v) is 8.19. The Bertz CT molecular complexity index is 550. The van der Waals surface area contributed by atoms with Crippen LogP contribution < -0.4 is 10.5 Å². The van der Waals surface area contributed by atoms with Crippen molar-refractivity contribution < 1.29 is 4.74 Å². The Kier molecular flexibility index (Phi) is 6.55. The molecule has 0 aliphatic rings. The fourth-order valence-electron chi connectivity index (χ4n) is 2.64. The van der Waals surface area contributed by atoms with Gasteiger partial charge in [0.15, 0.2) is 0 Å². The van der Waals surface area contributed by atoms with E-state index >= 15 is 0 Å². The molecule has 2 N–H and O–H groups in total. The van der Waals surface area contributed by atoms with E-state index in [1.165, 1.54) is 35.6 Å². The SMILES string of the molecule is CCCCCCOc1ccc2cccc(CCCN)c2c1. The van der Waals surface area contributed by atoms with Gasteiger partial charge in [-0.05, 0) is 54.3 Å². The predicted molar refractivity (Wildman–Crippen MR) is 91.0 cm³/mol. The molecule has 2 aromatic rings. The van der Waals surface area contributed by atoms with Gasteiger partial charge in [-0.15, -0.1) is 0 Å². The van der Waals surface area contributed by atoms with Gasteiger partial charge in [0.1, 0.15) is 5.75 Å². The van der Waals surface area contributed by atoms with Crippen molar-refractivity contribution in [3.63, 3.8) is 0 Å². The molecule has 0 unspecified atom stereocenters. The average molecular weight is 285 g/mol. The smallest absolute Gasteiger partial charge is 0.119 e. The van der Waals surface area contributed by atoms with Crippen molar-refractivity contribution in [2.45, 2.75) is 45.4 Å². The molecule has 0 bridgehead atoms. The van der Waals surface area contributed by atoms with Crippen LogP contribution in [-0.2, 0) is 6.42 Å². The van der Waals surface area contributed by atoms with Crippen LogP contribution in [0.4, 0.5) is 0 Å². The highest BCUT2D eigenvalue weighted by molar-refractivity contribution is 5.87. The molecule has 0 aromatic heterocycles. The number of aryl methyl sites for hydroxylation is 1. The minimum absolute atomic E-state index is 0.740. The Hall–Kier alpha value is -1.54. The molecular formula is C19H27NO. The molecule has 21 heavy (non-hydrogen) atoms. The van der Waals surface area contributed by atoms with Gasteiger partial charge in [-0.2, -0.15) is 0 Å². The lowest BCUT2D eigenvalue weighted by Crippen LogP contribution is -2.01. The third-order valence-corrected chi connectivity index (χ3v) is 3.86. The molecule has 2 nitrogen and oxygen atoms in total. The minimum Gasteiger partial charge on any atom is -0.494 e. The summed E-state index contributed by atoms with van der Waals surface area (Å²) in [6.45, 7) is 3.79. The molecule has 0 spiro atoms. The van der Waals surface area contributed by atoms with E-state index in [1.807, 2.05) is 0 Å². The number of hydrogen-bond donors (Lipinski definition) is 1. The highest BCUT2D eigenvalue weighted by Crippen LogP contribution is 2.25. The lowest BCUT2D eigenvalue weighted by molar-refractivity contribution is 0.305. The van der Waals surface area contributed by atoms with Gasteiger partial charge in [0.05, 0.1) is 6.61 Å². The van der Waals surface area contributed by atoms with Gasteiger partial charge in [-0.3, -0.25) is 0 Å². The molecule has 0 fully saturated rings. The number of nitrogens with two attached hydrogens (primary N) is 1. The monoisotopic (exact) mass is 285 g/mol. The van der Waals surface area contributed by atoms with Crippen LogP contribution in [0.2, 0.25) is 0 Å². The molecule has 0 aliphatic carbocycles. The van der Waals surface area contributed by atoms with Gasteiger partial charge in [-0.1, -0.05) is 50.5 Å². The van der Waals surface area contributed by atoms with E-state index in [9.17, 15) is 0 Å². The molecule has 0 saturated carbocycles. The second-order valence-electron chi connectivity index (χ2n) is 5.60. The highest BCUT2D eigenvalue weighted by Gasteiger charge is 2.03. The maximum Gasteiger partial charge on any atom is 0.119 e. The molecule has 0 saturated heterocycles. The summed E-state index contributed by atoms with van der Waals surface area (Å²) in [7, 11) is 0. The number of fused-ring (bicyclic) bond motifs is 1. The van der Waals surface area contributed by atoms with Crippen LogP contribution in [0, 0.1) is 0 Å². The van der Waals surface area contributed by atoms with Crippen LogP contribution in [0.3, 0.4) is 0 Å². The third-order valence-electron chi connectivity index (χ3n) is 3.86. The third kappa shape index (κ3) is 4.75. The lowest BCUT2D eigenvalue weighted by Gasteiger charge is -2.10. The van der Waals surface area contributed by atoms with E-state index in [1.54, 1.807) is 0 Å². The van der Waals surface area contributed by atoms with Gasteiger partial charge in [0.2, 0.25) is 0 Å². The van der Waals surface area contributed by atoms with Gasteiger partial charge >= 0.3 is 0 Å². The molecule has 0 radical (unpaired) electrons. The maximum absolute atomic E-state index is 5.90. The van der Waals surface area contributed by atoms with Crippen molar-refractivity contribution in [1.82, 2.24) is 0 Å². The van der Waals surface area contributed by atoms with Crippen molar-refractivity contribution >= 4 is 10.8 Å². The summed E-state index contributed by atoms with van der Waals surface area (Å²) in [5, 5.41) is 2.58. The van der Waals surface area contributed by atoms with Crippen molar-refractivity contribution in [2.24, 2.45) is 5.73 Å². The predicted octanol–water partition coefficient (Wildman–Crippen LogP) is 4.69. The van der Waals surface area contributed by atoms with E-state index in [0.717, 1.165) is 38.2 Å². The number of benzene rings is 2. The first kappa shape index (κ1) is 15.8. The van der Waals surface area contributed by atoms with Crippen molar-refractivity contribution in [3.8, 4) is 5.75 Å². The van der Waals surface area contributed by atoms with E-state index < -0.39 is 0 Å². The molecule has 0 amide bonds. The molecule has 0 heterocycles. The Morgan fingerprint density at radius 3 is 2.71 bits per heavy atom. The van der Waals surface area contributed by atoms with Gasteiger partial charge in [0, 0.05) is 0 Å². The van der Waals surface area contributed by atoms with Crippen LogP contribution in [0.15, 0.2) is 36.4 Å². The minimum atomic E-state index is 0.740. The first-order chi connectivity index (χ1) is 10.3. The van der Waals surface area contributed by atoms with Gasteiger partial charge in [0.25, 0.3) is 0 Å². The molecule has 2 heteroatoms. The zero-order chi connectivity index (χ0) is 14.9. The highest BCUT2D eigenvalue weighted by atomic mass is 16.5. The van der Waals surface area contributed by atoms with Crippen molar-refractivity contribution in [1.29, 1.82) is 0 Å². The topological polar surface area (TPSA) is 35.2 Å². The number of hydrogen-bond acceptors (Lipinski definition) is 2. The molecule has 2 rings (SSSR count). The average Bonchev–Trinajstić information content (AvgIpc) is 2.52. The molecule has 2 aromatic carbocycles. The van der Waals surface area contributed by atoms with Crippen LogP contribution in [0.5, 0.6) is 5.75 Å². The summed E-state index contributed by atoms with van der Waals surface area (Å²) in [6, 6.07) is 12.9. The van der Waals surface area contributed by atoms with Crippen LogP contribution in [0.25, 0.3) is 10.8 Å². The lowest BCUT2D eigenvalue weighted by atomic mass is 10.0. The Labute approximate surface area is 128 Å². The van der Waals surface area contributed by atoms with Crippen molar-refractivity contribution in [3.05, 3.63) is 42.0 Å². The number of unbranched alkanes of at least 4 members (excludes halogenated alkanes) is 3. The molecular weight excluding hydrogens is 258 g/mol. The molecule has 0 atom stereocenters. The summed E-state index contributed by atoms with van der Waals surface area (Å²) in [5.41, 5.74) is 7.00. The van der Waals surface area contributed by atoms with E-state index in [4.69, 9.17) is 10.5 Å². The van der Waals surface area contributed by atoms with Crippen LogP contribution in [-0.4, -0.2) is 13.2 Å². The van der Waals surface area contributed by atoms with E-state index in [0.29, 0.717) is 0 Å². The fraction of sp³-hybridized carbons (Fsp3) is 0.474. The first-order valence-electron chi connectivity index (χ1n) is 8.19. The quantitative estimate of drug-likeness (QED) is 0.678. The van der Waals surface area contributed by atoms with Crippen molar-refractivity contribution in [2.75, 3.05) is 13.2 Å². The summed E-state index contributed by atoms with van der Waals surface area (Å²) >= 11 is 0. The standard InChI is InChI=1S/C19H27NO/c1-2-3-4-5-14-21-18-12-11-17-9-6-8-16(10-7-13-20)19(17)15-18/h6,8-9,11-12,15H,2-5,7,10,13-14,20H2,1H3. The molecule has 114 valence electrons. The normalized spacial score (nSPS) is 11.0. The van der Waals surface area contributed by atoms with E-state index in [-0.39, 0.29) is 0 Å². The fourth-order valence-corrected chi connectivity index (χ4v) is 2.64. The summed E-state index contributed by atoms with van der Waals surface area (Å²) < 4.78 is 5.90. The van der Waals surface area contributed by atoms with Crippen LogP contribution >= 0.6 is 0 Å². The molecule has 0 aliphatic heterocycles. The zero-order valence-corrected chi connectivity index (χ0v) is 13.1. The zero-order valence-electron chi connectivity index (χ0n) is 13.1. The Morgan fingerprint density at radius 2 is 1.90 bits per heavy atom. The van der Waals surface area contributed by atoms with E-state index in [2.05, 4.69) is 43.3 Å². The number of ether oxygens (including phenoxy) is 1. The van der Waals surface area contributed by atoms with Crippen LogP contribution in [0.1, 0.15) is 44.6 Å². The van der Waals surface area contributed by atoms with Gasteiger partial charge < -0.3 is 10.5 Å². The van der Waals surface area contributed by atoms with Gasteiger partial charge in [-0.25, -0.2) is 0 Å². The summed E-state index contributed by atoms with van der Waals surface area (Å²) in [4.78, 5) is 0. The Balaban J connectivity index is 2.04. The second kappa shape index (κ2) is 8.68. The largest absolute Gasteiger partial charge is 0.494 e. The Morgan fingerprint density at radius 1 is 1.00 bits per heavy atom. The number of rotatable bonds is 9. The maximum atomic E-state index is 5.90. The second-order valence-corrected chi connectivity index (χ2v) is 5.60. The summed E-state index contributed by atoms with van der Waals surface area (Å²) in [5.74, 6) is 0.985. The summed E-state index contributed by atoms with van der Waals surface area (Å²) in [6.07, 6.45) is 7.02.